The minimum absolute atomic E-state index is 0.173. The molecule has 0 aromatic heterocycles. The van der Waals surface area contributed by atoms with Gasteiger partial charge in [-0.15, -0.1) is 0 Å². The maximum absolute atomic E-state index is 12.5. The third-order valence-corrected chi connectivity index (χ3v) is 4.84. The van der Waals surface area contributed by atoms with Crippen LogP contribution in [0.5, 0.6) is 0 Å². The van der Waals surface area contributed by atoms with Gasteiger partial charge in [0.15, 0.2) is 5.41 Å². The summed E-state index contributed by atoms with van der Waals surface area (Å²) < 4.78 is 9.89. The Labute approximate surface area is 135 Å². The first-order valence-electron chi connectivity index (χ1n) is 7.78. The van der Waals surface area contributed by atoms with Crippen molar-refractivity contribution in [3.05, 3.63) is 35.9 Å². The van der Waals surface area contributed by atoms with Gasteiger partial charge in [-0.1, -0.05) is 30.3 Å². The number of methoxy groups -OCH3 is 2. The van der Waals surface area contributed by atoms with Crippen molar-refractivity contribution in [1.82, 2.24) is 5.06 Å². The molecule has 3 rings (SSSR count). The number of esters is 2. The van der Waals surface area contributed by atoms with E-state index in [0.717, 1.165) is 5.56 Å². The van der Waals surface area contributed by atoms with Gasteiger partial charge >= 0.3 is 11.9 Å². The van der Waals surface area contributed by atoms with Crippen LogP contribution in [0.3, 0.4) is 0 Å². The van der Waals surface area contributed by atoms with Crippen LogP contribution in [0.2, 0.25) is 0 Å². The summed E-state index contributed by atoms with van der Waals surface area (Å²) in [5.41, 5.74) is -0.281. The summed E-state index contributed by atoms with van der Waals surface area (Å²) in [4.78, 5) is 31.0. The van der Waals surface area contributed by atoms with Gasteiger partial charge in [0.1, 0.15) is 6.10 Å². The highest BCUT2D eigenvalue weighted by Crippen LogP contribution is 2.47. The lowest BCUT2D eigenvalue weighted by molar-refractivity contribution is -0.213. The highest BCUT2D eigenvalue weighted by atomic mass is 16.7. The zero-order valence-electron chi connectivity index (χ0n) is 13.4. The number of hydrogen-bond donors (Lipinski definition) is 0. The van der Waals surface area contributed by atoms with Crippen LogP contribution < -0.4 is 0 Å². The van der Waals surface area contributed by atoms with Crippen LogP contribution in [0, 0.1) is 5.41 Å². The smallest absolute Gasteiger partial charge is 0.324 e. The molecule has 2 saturated heterocycles. The molecule has 0 spiro atoms. The quantitative estimate of drug-likeness (QED) is 0.626. The Morgan fingerprint density at radius 2 is 1.83 bits per heavy atom. The number of ether oxygens (including phenoxy) is 2. The van der Waals surface area contributed by atoms with E-state index in [0.29, 0.717) is 25.8 Å². The molecule has 1 aromatic rings. The predicted molar refractivity (Wildman–Crippen MR) is 81.1 cm³/mol. The number of nitrogens with zero attached hydrogens (tertiary/aromatic N) is 1. The van der Waals surface area contributed by atoms with E-state index in [-0.39, 0.29) is 12.1 Å². The number of benzene rings is 1. The van der Waals surface area contributed by atoms with Crippen LogP contribution in [0.1, 0.15) is 30.9 Å². The van der Waals surface area contributed by atoms with E-state index in [9.17, 15) is 9.59 Å². The molecule has 2 aliphatic rings. The van der Waals surface area contributed by atoms with Gasteiger partial charge in [0.2, 0.25) is 0 Å². The van der Waals surface area contributed by atoms with Crippen molar-refractivity contribution in [3.8, 4) is 0 Å². The van der Waals surface area contributed by atoms with Gasteiger partial charge in [0, 0.05) is 6.54 Å². The highest BCUT2D eigenvalue weighted by Gasteiger charge is 2.61. The van der Waals surface area contributed by atoms with Crippen molar-refractivity contribution in [2.24, 2.45) is 5.41 Å². The van der Waals surface area contributed by atoms with Crippen molar-refractivity contribution >= 4 is 11.9 Å². The van der Waals surface area contributed by atoms with Crippen LogP contribution >= 0.6 is 0 Å². The maximum atomic E-state index is 12.5. The van der Waals surface area contributed by atoms with Crippen molar-refractivity contribution in [1.29, 1.82) is 0 Å². The molecule has 0 radical (unpaired) electrons. The fraction of sp³-hybridized carbons (Fsp3) is 0.529. The van der Waals surface area contributed by atoms with Crippen LogP contribution in [0.15, 0.2) is 30.3 Å². The topological polar surface area (TPSA) is 65.1 Å². The van der Waals surface area contributed by atoms with Gasteiger partial charge in [-0.05, 0) is 24.8 Å². The summed E-state index contributed by atoms with van der Waals surface area (Å²) in [7, 11) is 2.60. The van der Waals surface area contributed by atoms with Crippen molar-refractivity contribution < 1.29 is 23.9 Å². The van der Waals surface area contributed by atoms with E-state index in [1.165, 1.54) is 14.2 Å². The molecule has 6 heteroatoms. The lowest BCUT2D eigenvalue weighted by atomic mass is 9.72. The van der Waals surface area contributed by atoms with Gasteiger partial charge < -0.3 is 9.47 Å². The molecule has 2 aliphatic heterocycles. The van der Waals surface area contributed by atoms with Crippen LogP contribution in [0.4, 0.5) is 0 Å². The second-order valence-corrected chi connectivity index (χ2v) is 5.95. The van der Waals surface area contributed by atoms with Gasteiger partial charge in [0.05, 0.1) is 20.3 Å². The fourth-order valence-electron chi connectivity index (χ4n) is 3.72. The molecule has 2 fully saturated rings. The number of carbonyl (C=O) groups excluding carboxylic acids is 2. The first-order valence-corrected chi connectivity index (χ1v) is 7.78. The Balaban J connectivity index is 1.94. The second kappa shape index (κ2) is 6.29. The lowest BCUT2D eigenvalue weighted by Crippen LogP contribution is -2.57. The second-order valence-electron chi connectivity index (χ2n) is 5.95. The van der Waals surface area contributed by atoms with Gasteiger partial charge in [0.25, 0.3) is 0 Å². The molecular formula is C17H21NO5. The average Bonchev–Trinajstić information content (AvgIpc) is 3.05. The number of piperidine rings is 1. The van der Waals surface area contributed by atoms with E-state index in [1.807, 2.05) is 30.3 Å². The van der Waals surface area contributed by atoms with Crippen molar-refractivity contribution in [3.63, 3.8) is 0 Å². The first-order chi connectivity index (χ1) is 11.1. The van der Waals surface area contributed by atoms with E-state index >= 15 is 0 Å². The van der Waals surface area contributed by atoms with Gasteiger partial charge in [-0.3, -0.25) is 14.4 Å². The summed E-state index contributed by atoms with van der Waals surface area (Å²) in [5, 5.41) is 1.76. The van der Waals surface area contributed by atoms with Gasteiger partial charge in [-0.2, -0.15) is 5.06 Å². The van der Waals surface area contributed by atoms with E-state index < -0.39 is 17.4 Å². The minimum Gasteiger partial charge on any atom is -0.468 e. The molecule has 0 amide bonds. The number of fused-ring (bicyclic) bond motifs is 1. The Hall–Kier alpha value is -1.92. The molecule has 0 bridgehead atoms. The molecule has 23 heavy (non-hydrogen) atoms. The Morgan fingerprint density at radius 1 is 1.17 bits per heavy atom. The van der Waals surface area contributed by atoms with Crippen LogP contribution in [-0.4, -0.2) is 43.8 Å². The lowest BCUT2D eigenvalue weighted by Gasteiger charge is -2.40. The van der Waals surface area contributed by atoms with E-state index in [1.54, 1.807) is 5.06 Å². The number of hydrogen-bond acceptors (Lipinski definition) is 6. The van der Waals surface area contributed by atoms with E-state index in [4.69, 9.17) is 14.3 Å². The summed E-state index contributed by atoms with van der Waals surface area (Å²) in [6.45, 7) is 0.684. The van der Waals surface area contributed by atoms with Gasteiger partial charge in [-0.25, -0.2) is 0 Å². The largest absolute Gasteiger partial charge is 0.468 e. The average molecular weight is 319 g/mol. The third kappa shape index (κ3) is 2.52. The molecule has 6 nitrogen and oxygen atoms in total. The number of rotatable bonds is 3. The van der Waals surface area contributed by atoms with Crippen molar-refractivity contribution in [2.45, 2.75) is 31.4 Å². The molecule has 0 aliphatic carbocycles. The first kappa shape index (κ1) is 16.0. The van der Waals surface area contributed by atoms with Crippen molar-refractivity contribution in [2.75, 3.05) is 20.8 Å². The molecule has 2 atom stereocenters. The molecule has 2 heterocycles. The third-order valence-electron chi connectivity index (χ3n) is 4.84. The summed E-state index contributed by atoms with van der Waals surface area (Å²) in [6, 6.07) is 9.44. The predicted octanol–water partition coefficient (Wildman–Crippen LogP) is 1.86. The number of hydroxylamine groups is 2. The highest BCUT2D eigenvalue weighted by molar-refractivity contribution is 6.01. The molecule has 0 unspecified atom stereocenters. The molecule has 124 valence electrons. The Bertz CT molecular complexity index is 572. The zero-order valence-corrected chi connectivity index (χ0v) is 13.4. The normalized spacial score (nSPS) is 26.3. The molecule has 0 N–H and O–H groups in total. The summed E-state index contributed by atoms with van der Waals surface area (Å²) in [5.74, 6) is -1.09. The van der Waals surface area contributed by atoms with Crippen LogP contribution in [-0.2, 0) is 23.9 Å². The Kier molecular flexibility index (Phi) is 4.37. The SMILES string of the molecule is COC(=O)C1(C(=O)OC)CCCN2O[C@@H](c3ccccc3)C[C@@H]21. The number of carbonyl (C=O) groups is 2. The molecule has 0 saturated carbocycles. The zero-order chi connectivity index (χ0) is 16.4. The monoisotopic (exact) mass is 319 g/mol. The van der Waals surface area contributed by atoms with Crippen LogP contribution in [0.25, 0.3) is 0 Å². The fourth-order valence-corrected chi connectivity index (χ4v) is 3.72. The van der Waals surface area contributed by atoms with E-state index in [2.05, 4.69) is 0 Å². The maximum Gasteiger partial charge on any atom is 0.324 e. The molecular weight excluding hydrogens is 298 g/mol. The minimum atomic E-state index is -1.31. The standard InChI is InChI=1S/C17H21NO5/c1-21-15(19)17(16(20)22-2)9-6-10-18-14(17)11-13(23-18)12-7-4-3-5-8-12/h3-5,7-8,13-14H,6,9-11H2,1-2H3/t13-,14-/m1/s1. The molecule has 1 aromatic carbocycles. The summed E-state index contributed by atoms with van der Waals surface area (Å²) in [6.07, 6.45) is 1.46. The Morgan fingerprint density at radius 3 is 2.43 bits per heavy atom. The summed E-state index contributed by atoms with van der Waals surface area (Å²) >= 11 is 0.